The number of anilines is 1. The van der Waals surface area contributed by atoms with Gasteiger partial charge in [0.15, 0.2) is 0 Å². The summed E-state index contributed by atoms with van der Waals surface area (Å²) in [6.07, 6.45) is 0.833. The van der Waals surface area contributed by atoms with Gasteiger partial charge in [-0.25, -0.2) is 0 Å². The molecule has 0 N–H and O–H groups in total. The molecule has 0 spiro atoms. The standard InChI is InChI=1S/C15H14N2O2S2/c1-3-8-17-14(19)12(21-15(17)20)11-9-6-4-5-7-10(9)16(2)13(11)18/h4-7H,3,8H2,1-2H3/b12-11-. The second-order valence-electron chi connectivity index (χ2n) is 4.91. The van der Waals surface area contributed by atoms with Crippen molar-refractivity contribution in [1.82, 2.24) is 4.90 Å². The fraction of sp³-hybridized carbons (Fsp3) is 0.267. The number of nitrogens with zero attached hydrogens (tertiary/aromatic N) is 2. The minimum atomic E-state index is -0.152. The number of amides is 2. The van der Waals surface area contributed by atoms with Crippen molar-refractivity contribution in [2.75, 3.05) is 18.5 Å². The average Bonchev–Trinajstić information content (AvgIpc) is 2.89. The topological polar surface area (TPSA) is 40.6 Å². The Hall–Kier alpha value is -1.66. The number of carbonyl (C=O) groups is 2. The predicted octanol–water partition coefficient (Wildman–Crippen LogP) is 2.64. The summed E-state index contributed by atoms with van der Waals surface area (Å²) < 4.78 is 0.532. The molecule has 0 aliphatic carbocycles. The molecule has 21 heavy (non-hydrogen) atoms. The summed E-state index contributed by atoms with van der Waals surface area (Å²) in [6, 6.07) is 7.51. The van der Waals surface area contributed by atoms with Crippen LogP contribution in [0.25, 0.3) is 5.57 Å². The largest absolute Gasteiger partial charge is 0.311 e. The van der Waals surface area contributed by atoms with Crippen molar-refractivity contribution in [3.05, 3.63) is 34.7 Å². The summed E-state index contributed by atoms with van der Waals surface area (Å²) in [5, 5.41) is 0. The molecule has 2 heterocycles. The van der Waals surface area contributed by atoms with E-state index in [9.17, 15) is 9.59 Å². The van der Waals surface area contributed by atoms with Crippen LogP contribution in [0.4, 0.5) is 5.69 Å². The Morgan fingerprint density at radius 2 is 1.90 bits per heavy atom. The van der Waals surface area contributed by atoms with Crippen LogP contribution in [-0.2, 0) is 9.59 Å². The van der Waals surface area contributed by atoms with Crippen LogP contribution in [0.2, 0.25) is 0 Å². The van der Waals surface area contributed by atoms with Crippen LogP contribution in [0, 0.1) is 0 Å². The molecule has 3 rings (SSSR count). The van der Waals surface area contributed by atoms with E-state index in [-0.39, 0.29) is 11.8 Å². The van der Waals surface area contributed by atoms with E-state index in [1.807, 2.05) is 31.2 Å². The number of para-hydroxylation sites is 1. The second kappa shape index (κ2) is 5.27. The number of thiocarbonyl (C=S) groups is 1. The third kappa shape index (κ3) is 2.10. The van der Waals surface area contributed by atoms with Gasteiger partial charge in [-0.2, -0.15) is 0 Å². The molecule has 0 radical (unpaired) electrons. The van der Waals surface area contributed by atoms with E-state index in [4.69, 9.17) is 12.2 Å². The van der Waals surface area contributed by atoms with Gasteiger partial charge in [-0.15, -0.1) is 0 Å². The molecule has 4 nitrogen and oxygen atoms in total. The molecule has 0 atom stereocenters. The second-order valence-corrected chi connectivity index (χ2v) is 6.55. The Balaban J connectivity index is 2.14. The van der Waals surface area contributed by atoms with Crippen molar-refractivity contribution >= 4 is 51.4 Å². The molecule has 2 amide bonds. The molecule has 6 heteroatoms. The molecular formula is C15H14N2O2S2. The van der Waals surface area contributed by atoms with Crippen molar-refractivity contribution in [2.24, 2.45) is 0 Å². The molecule has 1 aromatic rings. The highest BCUT2D eigenvalue weighted by Crippen LogP contribution is 2.43. The quantitative estimate of drug-likeness (QED) is 0.621. The summed E-state index contributed by atoms with van der Waals surface area (Å²) in [6.45, 7) is 2.59. The lowest BCUT2D eigenvalue weighted by atomic mass is 10.1. The van der Waals surface area contributed by atoms with Crippen LogP contribution in [0.5, 0.6) is 0 Å². The van der Waals surface area contributed by atoms with E-state index in [0.717, 1.165) is 17.7 Å². The number of rotatable bonds is 2. The van der Waals surface area contributed by atoms with Crippen molar-refractivity contribution < 1.29 is 9.59 Å². The number of hydrogen-bond donors (Lipinski definition) is 0. The highest BCUT2D eigenvalue weighted by Gasteiger charge is 2.40. The van der Waals surface area contributed by atoms with Gasteiger partial charge in [-0.1, -0.05) is 49.1 Å². The zero-order chi connectivity index (χ0) is 15.1. The van der Waals surface area contributed by atoms with Crippen LogP contribution >= 0.6 is 24.0 Å². The molecule has 108 valence electrons. The molecule has 0 aromatic heterocycles. The number of carbonyl (C=O) groups excluding carboxylic acids is 2. The summed E-state index contributed by atoms with van der Waals surface area (Å²) in [4.78, 5) is 28.7. The lowest BCUT2D eigenvalue weighted by Crippen LogP contribution is -2.29. The number of hydrogen-bond acceptors (Lipinski definition) is 4. The minimum Gasteiger partial charge on any atom is -0.311 e. The Kier molecular flexibility index (Phi) is 3.59. The van der Waals surface area contributed by atoms with Crippen molar-refractivity contribution in [1.29, 1.82) is 0 Å². The summed E-state index contributed by atoms with van der Waals surface area (Å²) in [5.41, 5.74) is 2.12. The normalized spacial score (nSPS) is 21.5. The fourth-order valence-electron chi connectivity index (χ4n) is 2.56. The predicted molar refractivity (Wildman–Crippen MR) is 89.0 cm³/mol. The first-order valence-electron chi connectivity index (χ1n) is 6.71. The van der Waals surface area contributed by atoms with Crippen LogP contribution in [-0.4, -0.2) is 34.6 Å². The van der Waals surface area contributed by atoms with Gasteiger partial charge in [0.05, 0.1) is 16.2 Å². The minimum absolute atomic E-state index is 0.145. The lowest BCUT2D eigenvalue weighted by Gasteiger charge is -2.12. The fourth-order valence-corrected chi connectivity index (χ4v) is 3.94. The first-order valence-corrected chi connectivity index (χ1v) is 7.94. The van der Waals surface area contributed by atoms with E-state index in [1.165, 1.54) is 11.8 Å². The lowest BCUT2D eigenvalue weighted by molar-refractivity contribution is -0.122. The van der Waals surface area contributed by atoms with Crippen molar-refractivity contribution in [3.8, 4) is 0 Å². The van der Waals surface area contributed by atoms with Crippen LogP contribution in [0.15, 0.2) is 29.2 Å². The third-order valence-electron chi connectivity index (χ3n) is 3.58. The maximum atomic E-state index is 12.5. The zero-order valence-electron chi connectivity index (χ0n) is 11.8. The van der Waals surface area contributed by atoms with E-state index < -0.39 is 0 Å². The Morgan fingerprint density at radius 3 is 2.62 bits per heavy atom. The highest BCUT2D eigenvalue weighted by atomic mass is 32.2. The molecule has 0 saturated carbocycles. The first-order chi connectivity index (χ1) is 10.1. The number of thioether (sulfide) groups is 1. The van der Waals surface area contributed by atoms with E-state index >= 15 is 0 Å². The first kappa shape index (κ1) is 14.3. The van der Waals surface area contributed by atoms with Crippen LogP contribution in [0.3, 0.4) is 0 Å². The molecule has 0 unspecified atom stereocenters. The smallest absolute Gasteiger partial charge is 0.267 e. The maximum absolute atomic E-state index is 12.5. The van der Waals surface area contributed by atoms with E-state index in [0.29, 0.717) is 21.3 Å². The third-order valence-corrected chi connectivity index (χ3v) is 5.02. The Labute approximate surface area is 132 Å². The average molecular weight is 318 g/mol. The molecule has 1 saturated heterocycles. The summed E-state index contributed by atoms with van der Waals surface area (Å²) >= 11 is 6.50. The van der Waals surface area contributed by atoms with Gasteiger partial charge in [0.1, 0.15) is 4.32 Å². The van der Waals surface area contributed by atoms with Gasteiger partial charge < -0.3 is 4.90 Å². The van der Waals surface area contributed by atoms with Gasteiger partial charge in [0.2, 0.25) is 0 Å². The van der Waals surface area contributed by atoms with Crippen LogP contribution < -0.4 is 4.90 Å². The number of benzene rings is 1. The summed E-state index contributed by atoms with van der Waals surface area (Å²) in [5.74, 6) is -0.298. The molecule has 2 aliphatic rings. The molecule has 1 fully saturated rings. The highest BCUT2D eigenvalue weighted by molar-refractivity contribution is 8.26. The molecule has 1 aromatic carbocycles. The van der Waals surface area contributed by atoms with Gasteiger partial charge >= 0.3 is 0 Å². The van der Waals surface area contributed by atoms with Gasteiger partial charge in [-0.05, 0) is 12.5 Å². The summed E-state index contributed by atoms with van der Waals surface area (Å²) in [7, 11) is 1.72. The molecule has 0 bridgehead atoms. The van der Waals surface area contributed by atoms with E-state index in [2.05, 4.69) is 0 Å². The molecular weight excluding hydrogens is 304 g/mol. The van der Waals surface area contributed by atoms with Gasteiger partial charge in [0, 0.05) is 19.2 Å². The van der Waals surface area contributed by atoms with Crippen molar-refractivity contribution in [2.45, 2.75) is 13.3 Å². The SMILES string of the molecule is CCCN1C(=O)/C(=C2/C(=O)N(C)c3ccccc32)SC1=S. The number of likely N-dealkylation sites (N-methyl/N-ethyl adjacent to an activating group) is 1. The zero-order valence-corrected chi connectivity index (χ0v) is 13.4. The van der Waals surface area contributed by atoms with Gasteiger partial charge in [-0.3, -0.25) is 14.5 Å². The monoisotopic (exact) mass is 318 g/mol. The van der Waals surface area contributed by atoms with Crippen LogP contribution in [0.1, 0.15) is 18.9 Å². The Bertz CT molecular complexity index is 697. The van der Waals surface area contributed by atoms with Crippen molar-refractivity contribution in [3.63, 3.8) is 0 Å². The Morgan fingerprint density at radius 1 is 1.19 bits per heavy atom. The maximum Gasteiger partial charge on any atom is 0.267 e. The van der Waals surface area contributed by atoms with E-state index in [1.54, 1.807) is 16.8 Å². The molecule has 2 aliphatic heterocycles. The number of fused-ring (bicyclic) bond motifs is 1. The van der Waals surface area contributed by atoms with Gasteiger partial charge in [0.25, 0.3) is 11.8 Å².